The number of aromatic nitrogens is 1. The lowest BCUT2D eigenvalue weighted by Gasteiger charge is -2.24. The molecule has 242 valence electrons. The molecule has 3 amide bonds. The average Bonchev–Trinajstić information content (AvgIpc) is 3.45. The number of rotatable bonds is 10. The molecule has 1 heterocycles. The van der Waals surface area contributed by atoms with Crippen LogP contribution < -0.4 is 20.7 Å². The molecule has 5 rings (SSSR count). The van der Waals surface area contributed by atoms with Crippen molar-refractivity contribution in [2.45, 2.75) is 56.7 Å². The van der Waals surface area contributed by atoms with Crippen LogP contribution in [0.5, 0.6) is 5.75 Å². The molecule has 0 saturated heterocycles. The molecule has 1 unspecified atom stereocenters. The van der Waals surface area contributed by atoms with Crippen LogP contribution >= 0.6 is 11.3 Å². The molecule has 9 nitrogen and oxygen atoms in total. The van der Waals surface area contributed by atoms with Crippen molar-refractivity contribution >= 4 is 44.6 Å². The van der Waals surface area contributed by atoms with E-state index in [4.69, 9.17) is 9.84 Å². The maximum absolute atomic E-state index is 13.4. The quantitative estimate of drug-likeness (QED) is 0.140. The molecule has 0 bridgehead atoms. The zero-order chi connectivity index (χ0) is 32.8. The number of hydrogen-bond donors (Lipinski definition) is 4. The topological polar surface area (TPSA) is 130 Å². The molecule has 1 aliphatic rings. The zero-order valence-electron chi connectivity index (χ0n) is 24.9. The van der Waals surface area contributed by atoms with Gasteiger partial charge in [-0.3, -0.25) is 14.9 Å². The molecular formula is C33H33F3N4O5S. The molecule has 4 aromatic rings. The number of carboxylic acid groups (broad SMARTS) is 1. The van der Waals surface area contributed by atoms with Gasteiger partial charge in [0, 0.05) is 12.1 Å². The molecule has 1 fully saturated rings. The minimum Gasteiger partial charge on any atom is -0.495 e. The SMILES string of the molecule is COc1cc(C(F)(F)F)cc2nc(NC(=O)NC(c3ccc(C(=O)NCCC(=O)O)cc3)c3ccc(C4CCCCC4)cc3)sc12. The highest BCUT2D eigenvalue weighted by molar-refractivity contribution is 7.22. The molecule has 0 radical (unpaired) electrons. The average molecular weight is 655 g/mol. The first-order chi connectivity index (χ1) is 22.0. The van der Waals surface area contributed by atoms with Gasteiger partial charge < -0.3 is 20.5 Å². The van der Waals surface area contributed by atoms with Crippen molar-refractivity contribution in [2.24, 2.45) is 0 Å². The number of thiazole rings is 1. The molecule has 1 atom stereocenters. The Kier molecular flexibility index (Phi) is 10.1. The van der Waals surface area contributed by atoms with Gasteiger partial charge in [0.1, 0.15) is 5.75 Å². The van der Waals surface area contributed by atoms with Crippen LogP contribution in [0.1, 0.15) is 83.1 Å². The van der Waals surface area contributed by atoms with Crippen LogP contribution in [0.15, 0.2) is 60.7 Å². The van der Waals surface area contributed by atoms with Crippen LogP contribution in [-0.2, 0) is 11.0 Å². The number of nitrogens with zero attached hydrogens (tertiary/aromatic N) is 1. The Morgan fingerprint density at radius 1 is 1.00 bits per heavy atom. The fraction of sp³-hybridized carbons (Fsp3) is 0.333. The van der Waals surface area contributed by atoms with Crippen LogP contribution in [0.4, 0.5) is 23.1 Å². The summed E-state index contributed by atoms with van der Waals surface area (Å²) >= 11 is 0.989. The smallest absolute Gasteiger partial charge is 0.416 e. The largest absolute Gasteiger partial charge is 0.495 e. The lowest BCUT2D eigenvalue weighted by atomic mass is 9.83. The maximum atomic E-state index is 13.4. The van der Waals surface area contributed by atoms with Crippen LogP contribution in [-0.4, -0.2) is 41.7 Å². The second-order valence-corrected chi connectivity index (χ2v) is 12.1. The number of carboxylic acids is 1. The fourth-order valence-corrected chi connectivity index (χ4v) is 6.54. The van der Waals surface area contributed by atoms with E-state index in [0.717, 1.165) is 41.9 Å². The molecule has 46 heavy (non-hydrogen) atoms. The van der Waals surface area contributed by atoms with Crippen molar-refractivity contribution in [1.82, 2.24) is 15.6 Å². The summed E-state index contributed by atoms with van der Waals surface area (Å²) in [6.45, 7) is -0.0111. The van der Waals surface area contributed by atoms with Gasteiger partial charge in [-0.25, -0.2) is 9.78 Å². The number of benzene rings is 3. The van der Waals surface area contributed by atoms with E-state index in [9.17, 15) is 27.6 Å². The summed E-state index contributed by atoms with van der Waals surface area (Å²) in [7, 11) is 1.27. The fourth-order valence-electron chi connectivity index (χ4n) is 5.60. The van der Waals surface area contributed by atoms with Crippen molar-refractivity contribution in [3.05, 3.63) is 88.5 Å². The number of hydrogen-bond acceptors (Lipinski definition) is 6. The molecule has 3 aromatic carbocycles. The number of aliphatic carboxylic acids is 1. The summed E-state index contributed by atoms with van der Waals surface area (Å²) in [6, 6.07) is 15.2. The number of ether oxygens (including phenoxy) is 1. The van der Waals surface area contributed by atoms with Gasteiger partial charge in [-0.15, -0.1) is 0 Å². The van der Waals surface area contributed by atoms with Crippen molar-refractivity contribution < 1.29 is 37.4 Å². The molecule has 0 spiro atoms. The molecule has 4 N–H and O–H groups in total. The lowest BCUT2D eigenvalue weighted by Crippen LogP contribution is -2.33. The second-order valence-electron chi connectivity index (χ2n) is 11.1. The predicted octanol–water partition coefficient (Wildman–Crippen LogP) is 7.49. The number of anilines is 1. The highest BCUT2D eigenvalue weighted by atomic mass is 32.1. The van der Waals surface area contributed by atoms with Gasteiger partial charge in [0.15, 0.2) is 5.13 Å². The Bertz CT molecular complexity index is 1700. The van der Waals surface area contributed by atoms with E-state index in [2.05, 4.69) is 33.1 Å². The summed E-state index contributed by atoms with van der Waals surface area (Å²) in [4.78, 5) is 40.8. The van der Waals surface area contributed by atoms with E-state index in [0.29, 0.717) is 21.7 Å². The van der Waals surface area contributed by atoms with Crippen molar-refractivity contribution in [3.8, 4) is 5.75 Å². The Morgan fingerprint density at radius 3 is 2.26 bits per heavy atom. The van der Waals surface area contributed by atoms with E-state index in [1.807, 2.05) is 12.1 Å². The summed E-state index contributed by atoms with van der Waals surface area (Å²) in [5.74, 6) is -0.954. The zero-order valence-corrected chi connectivity index (χ0v) is 25.8. The highest BCUT2D eigenvalue weighted by Crippen LogP contribution is 2.40. The minimum atomic E-state index is -4.59. The van der Waals surface area contributed by atoms with Gasteiger partial charge in [-0.1, -0.05) is 67.0 Å². The first-order valence-corrected chi connectivity index (χ1v) is 15.7. The van der Waals surface area contributed by atoms with Crippen molar-refractivity contribution in [1.29, 1.82) is 0 Å². The lowest BCUT2D eigenvalue weighted by molar-refractivity contribution is -0.138. The maximum Gasteiger partial charge on any atom is 0.416 e. The number of alkyl halides is 3. The number of nitrogens with one attached hydrogen (secondary N) is 3. The monoisotopic (exact) mass is 654 g/mol. The van der Waals surface area contributed by atoms with Gasteiger partial charge in [0.2, 0.25) is 0 Å². The van der Waals surface area contributed by atoms with Crippen LogP contribution in [0.25, 0.3) is 10.2 Å². The third kappa shape index (κ3) is 7.94. The van der Waals surface area contributed by atoms with E-state index >= 15 is 0 Å². The molecular weight excluding hydrogens is 621 g/mol. The van der Waals surface area contributed by atoms with E-state index < -0.39 is 35.7 Å². The standard InChI is InChI=1S/C33H33F3N4O5S/c1-45-26-18-24(33(34,35)36)17-25-29(26)46-32(38-25)40-31(44)39-28(21-9-7-20(8-10-21)19-5-3-2-4-6-19)22-11-13-23(14-12-22)30(43)37-16-15-27(41)42/h7-14,17-19,28H,2-6,15-16H2,1H3,(H,37,43)(H,41,42)(H2,38,39,40,44). The van der Waals surface area contributed by atoms with Gasteiger partial charge >= 0.3 is 18.2 Å². The highest BCUT2D eigenvalue weighted by Gasteiger charge is 2.32. The number of carbonyl (C=O) groups is 3. The Labute approximate surface area is 267 Å². The Balaban J connectivity index is 1.38. The number of methoxy groups -OCH3 is 1. The number of amides is 3. The molecule has 1 aromatic heterocycles. The van der Waals surface area contributed by atoms with E-state index in [1.54, 1.807) is 24.3 Å². The first-order valence-electron chi connectivity index (χ1n) is 14.8. The molecule has 1 aliphatic carbocycles. The number of halogens is 3. The third-order valence-corrected chi connectivity index (χ3v) is 8.98. The number of urea groups is 1. The Morgan fingerprint density at radius 2 is 1.65 bits per heavy atom. The second kappa shape index (κ2) is 14.2. The van der Waals surface area contributed by atoms with E-state index in [-0.39, 0.29) is 29.4 Å². The third-order valence-electron chi connectivity index (χ3n) is 7.98. The van der Waals surface area contributed by atoms with Gasteiger partial charge in [0.05, 0.1) is 35.4 Å². The summed E-state index contributed by atoms with van der Waals surface area (Å²) in [5.41, 5.74) is 2.15. The minimum absolute atomic E-state index is 0.00111. The summed E-state index contributed by atoms with van der Waals surface area (Å²) in [5, 5.41) is 17.1. The molecule has 1 saturated carbocycles. The Hall–Kier alpha value is -4.65. The van der Waals surface area contributed by atoms with E-state index in [1.165, 1.54) is 31.9 Å². The molecule has 0 aliphatic heterocycles. The first kappa shape index (κ1) is 32.7. The van der Waals surface area contributed by atoms with Gasteiger partial charge in [-0.05, 0) is 59.7 Å². The van der Waals surface area contributed by atoms with Crippen molar-refractivity contribution in [3.63, 3.8) is 0 Å². The van der Waals surface area contributed by atoms with Crippen LogP contribution in [0.3, 0.4) is 0 Å². The van der Waals surface area contributed by atoms with Crippen LogP contribution in [0, 0.1) is 0 Å². The number of fused-ring (bicyclic) bond motifs is 1. The number of carbonyl (C=O) groups excluding carboxylic acids is 2. The van der Waals surface area contributed by atoms with Crippen molar-refractivity contribution in [2.75, 3.05) is 19.0 Å². The van der Waals surface area contributed by atoms with Gasteiger partial charge in [0.25, 0.3) is 5.91 Å². The normalized spacial score (nSPS) is 14.4. The summed E-state index contributed by atoms with van der Waals surface area (Å²) < 4.78 is 45.7. The summed E-state index contributed by atoms with van der Waals surface area (Å²) in [6.07, 6.45) is 1.11. The van der Waals surface area contributed by atoms with Gasteiger partial charge in [-0.2, -0.15) is 13.2 Å². The van der Waals surface area contributed by atoms with Crippen LogP contribution in [0.2, 0.25) is 0 Å². The molecule has 13 heteroatoms. The predicted molar refractivity (Wildman–Crippen MR) is 168 cm³/mol.